The van der Waals surface area contributed by atoms with E-state index < -0.39 is 0 Å². The molecule has 0 spiro atoms. The van der Waals surface area contributed by atoms with Gasteiger partial charge in [0.15, 0.2) is 0 Å². The van der Waals surface area contributed by atoms with Crippen molar-refractivity contribution >= 4 is 17.0 Å². The lowest BCUT2D eigenvalue weighted by molar-refractivity contribution is 0.628. The molecule has 3 heteroatoms. The molecule has 1 nitrogen and oxygen atoms in total. The van der Waals surface area contributed by atoms with Crippen LogP contribution in [0.2, 0.25) is 0 Å². The maximum atomic E-state index is 13.0. The highest BCUT2D eigenvalue weighted by molar-refractivity contribution is 7.12. The maximum absolute atomic E-state index is 13.0. The molecule has 1 atom stereocenters. The van der Waals surface area contributed by atoms with Gasteiger partial charge in [-0.25, -0.2) is 4.39 Å². The third kappa shape index (κ3) is 2.97. The van der Waals surface area contributed by atoms with E-state index in [1.54, 1.807) is 11.3 Å². The van der Waals surface area contributed by atoms with Crippen LogP contribution >= 0.6 is 11.3 Å². The number of benzene rings is 2. The fraction of sp³-hybridized carbons (Fsp3) is 0.150. The first-order valence-electron chi connectivity index (χ1n) is 7.76. The van der Waals surface area contributed by atoms with Crippen molar-refractivity contribution in [3.8, 4) is 11.1 Å². The van der Waals surface area contributed by atoms with Crippen molar-refractivity contribution in [3.05, 3.63) is 82.3 Å². The number of hydrogen-bond donors (Lipinski definition) is 0. The number of nitrogens with zero attached hydrogens (tertiary/aromatic N) is 1. The number of rotatable bonds is 3. The average molecular weight is 321 g/mol. The van der Waals surface area contributed by atoms with Crippen molar-refractivity contribution in [2.75, 3.05) is 0 Å². The fourth-order valence-corrected chi connectivity index (χ4v) is 3.75. The van der Waals surface area contributed by atoms with E-state index in [0.717, 1.165) is 24.0 Å². The highest BCUT2D eigenvalue weighted by atomic mass is 32.1. The normalized spacial score (nSPS) is 17.3. The van der Waals surface area contributed by atoms with Crippen LogP contribution in [0.25, 0.3) is 11.1 Å². The Hall–Kier alpha value is -2.26. The van der Waals surface area contributed by atoms with E-state index in [0.29, 0.717) is 0 Å². The molecule has 0 amide bonds. The van der Waals surface area contributed by atoms with Crippen molar-refractivity contribution in [2.45, 2.75) is 18.9 Å². The smallest absolute Gasteiger partial charge is 0.123 e. The zero-order valence-corrected chi connectivity index (χ0v) is 13.4. The van der Waals surface area contributed by atoms with Crippen LogP contribution < -0.4 is 0 Å². The number of hydrogen-bond acceptors (Lipinski definition) is 2. The third-order valence-electron chi connectivity index (χ3n) is 4.24. The summed E-state index contributed by atoms with van der Waals surface area (Å²) in [6.45, 7) is 0. The first kappa shape index (κ1) is 14.3. The fourth-order valence-electron chi connectivity index (χ4n) is 3.00. The molecule has 0 fully saturated rings. The molecule has 0 N–H and O–H groups in total. The second-order valence-electron chi connectivity index (χ2n) is 5.74. The topological polar surface area (TPSA) is 12.4 Å². The lowest BCUT2D eigenvalue weighted by atomic mass is 9.99. The van der Waals surface area contributed by atoms with E-state index in [4.69, 9.17) is 4.99 Å². The molecule has 2 aromatic carbocycles. The molecular formula is C20H16FNS. The quantitative estimate of drug-likeness (QED) is 0.571. The van der Waals surface area contributed by atoms with Crippen LogP contribution in [0, 0.1) is 5.82 Å². The summed E-state index contributed by atoms with van der Waals surface area (Å²) in [7, 11) is 0. The van der Waals surface area contributed by atoms with Gasteiger partial charge in [0, 0.05) is 4.88 Å². The van der Waals surface area contributed by atoms with E-state index in [9.17, 15) is 4.39 Å². The van der Waals surface area contributed by atoms with Gasteiger partial charge in [-0.05, 0) is 53.1 Å². The summed E-state index contributed by atoms with van der Waals surface area (Å²) in [6, 6.07) is 19.6. The monoisotopic (exact) mass is 321 g/mol. The molecule has 114 valence electrons. The molecule has 23 heavy (non-hydrogen) atoms. The summed E-state index contributed by atoms with van der Waals surface area (Å²) < 4.78 is 13.0. The molecule has 0 aliphatic carbocycles. The van der Waals surface area contributed by atoms with Crippen LogP contribution in [0.5, 0.6) is 0 Å². The molecule has 1 unspecified atom stereocenters. The van der Waals surface area contributed by atoms with Crippen molar-refractivity contribution in [1.29, 1.82) is 0 Å². The van der Waals surface area contributed by atoms with Gasteiger partial charge in [-0.1, -0.05) is 42.5 Å². The predicted octanol–water partition coefficient (Wildman–Crippen LogP) is 5.88. The molecule has 3 aromatic rings. The highest BCUT2D eigenvalue weighted by Gasteiger charge is 2.20. The lowest BCUT2D eigenvalue weighted by Gasteiger charge is -2.08. The second-order valence-corrected chi connectivity index (χ2v) is 6.68. The Morgan fingerprint density at radius 3 is 2.26 bits per heavy atom. The van der Waals surface area contributed by atoms with Crippen molar-refractivity contribution < 1.29 is 4.39 Å². The minimum absolute atomic E-state index is 0.202. The van der Waals surface area contributed by atoms with Crippen LogP contribution in [-0.4, -0.2) is 5.71 Å². The molecule has 1 aliphatic heterocycles. The molecular weight excluding hydrogens is 305 g/mol. The Bertz CT molecular complexity index is 817. The van der Waals surface area contributed by atoms with Crippen LogP contribution in [-0.2, 0) is 0 Å². The summed E-state index contributed by atoms with van der Waals surface area (Å²) in [5, 5.41) is 2.10. The Kier molecular flexibility index (Phi) is 3.80. The Morgan fingerprint density at radius 1 is 0.913 bits per heavy atom. The number of halogens is 1. The Morgan fingerprint density at radius 2 is 1.61 bits per heavy atom. The molecule has 0 radical (unpaired) electrons. The van der Waals surface area contributed by atoms with E-state index >= 15 is 0 Å². The lowest BCUT2D eigenvalue weighted by Crippen LogP contribution is -1.91. The summed E-state index contributed by atoms with van der Waals surface area (Å²) >= 11 is 1.76. The average Bonchev–Trinajstić information content (AvgIpc) is 3.27. The van der Waals surface area contributed by atoms with Gasteiger partial charge in [-0.3, -0.25) is 4.99 Å². The summed E-state index contributed by atoms with van der Waals surface area (Å²) in [5.74, 6) is -0.202. The minimum atomic E-state index is -0.202. The van der Waals surface area contributed by atoms with E-state index in [-0.39, 0.29) is 11.9 Å². The van der Waals surface area contributed by atoms with Gasteiger partial charge >= 0.3 is 0 Å². The summed E-state index contributed by atoms with van der Waals surface area (Å²) in [6.07, 6.45) is 2.12. The van der Waals surface area contributed by atoms with Gasteiger partial charge < -0.3 is 0 Å². The molecule has 4 rings (SSSR count). The number of aliphatic imine (C=N–C) groups is 1. The van der Waals surface area contributed by atoms with E-state index in [1.807, 2.05) is 12.1 Å². The van der Waals surface area contributed by atoms with Gasteiger partial charge in [-0.2, -0.15) is 0 Å². The van der Waals surface area contributed by atoms with Crippen LogP contribution in [0.1, 0.15) is 29.3 Å². The van der Waals surface area contributed by atoms with Gasteiger partial charge in [0.25, 0.3) is 0 Å². The number of thiophene rings is 1. The highest BCUT2D eigenvalue weighted by Crippen LogP contribution is 2.33. The maximum Gasteiger partial charge on any atom is 0.123 e. The van der Waals surface area contributed by atoms with Crippen LogP contribution in [0.15, 0.2) is 71.0 Å². The third-order valence-corrected chi connectivity index (χ3v) is 5.16. The SMILES string of the molecule is Fc1ccc(-c2ccc(C3CCC(c4cccs4)=N3)cc2)cc1. The largest absolute Gasteiger partial charge is 0.280 e. The Balaban J connectivity index is 1.56. The molecule has 2 heterocycles. The van der Waals surface area contributed by atoms with E-state index in [2.05, 4.69) is 41.8 Å². The second kappa shape index (κ2) is 6.09. The molecule has 0 saturated carbocycles. The zero-order valence-electron chi connectivity index (χ0n) is 12.6. The molecule has 0 bridgehead atoms. The summed E-state index contributed by atoms with van der Waals surface area (Å²) in [5.41, 5.74) is 4.62. The minimum Gasteiger partial charge on any atom is -0.280 e. The van der Waals surface area contributed by atoms with Gasteiger partial charge in [0.2, 0.25) is 0 Å². The first-order valence-corrected chi connectivity index (χ1v) is 8.64. The molecule has 1 aromatic heterocycles. The van der Waals surface area contributed by atoms with Gasteiger partial charge in [0.1, 0.15) is 5.82 Å². The Labute approximate surface area is 139 Å². The predicted molar refractivity (Wildman–Crippen MR) is 94.7 cm³/mol. The standard InChI is InChI=1S/C20H16FNS/c21-17-9-7-15(8-10-17)14-3-5-16(6-4-14)18-11-12-19(22-18)20-2-1-13-23-20/h1-10,13,18H,11-12H2. The summed E-state index contributed by atoms with van der Waals surface area (Å²) in [4.78, 5) is 6.18. The first-order chi connectivity index (χ1) is 11.3. The van der Waals surface area contributed by atoms with Crippen molar-refractivity contribution in [1.82, 2.24) is 0 Å². The zero-order chi connectivity index (χ0) is 15.6. The van der Waals surface area contributed by atoms with Gasteiger partial charge in [-0.15, -0.1) is 11.3 Å². The van der Waals surface area contributed by atoms with E-state index in [1.165, 1.54) is 28.3 Å². The van der Waals surface area contributed by atoms with Gasteiger partial charge in [0.05, 0.1) is 11.8 Å². The van der Waals surface area contributed by atoms with Crippen molar-refractivity contribution in [3.63, 3.8) is 0 Å². The van der Waals surface area contributed by atoms with Crippen molar-refractivity contribution in [2.24, 2.45) is 4.99 Å². The molecule has 0 saturated heterocycles. The van der Waals surface area contributed by atoms with Crippen LogP contribution in [0.3, 0.4) is 0 Å². The van der Waals surface area contributed by atoms with Crippen LogP contribution in [0.4, 0.5) is 4.39 Å². The molecule has 1 aliphatic rings.